The minimum atomic E-state index is -0.502. The van der Waals surface area contributed by atoms with Gasteiger partial charge in [0.2, 0.25) is 0 Å². The number of aromatic hydroxyl groups is 1. The summed E-state index contributed by atoms with van der Waals surface area (Å²) < 4.78 is 13.8. The zero-order valence-corrected chi connectivity index (χ0v) is 23.4. The van der Waals surface area contributed by atoms with Crippen LogP contribution in [0.2, 0.25) is 0 Å². The third-order valence-corrected chi connectivity index (χ3v) is 8.15. The number of rotatable bonds is 4. The van der Waals surface area contributed by atoms with Crippen molar-refractivity contribution in [2.75, 3.05) is 26.2 Å². The monoisotopic (exact) mass is 533 g/mol. The van der Waals surface area contributed by atoms with E-state index in [0.717, 1.165) is 79.8 Å². The molecule has 1 amide bonds. The molecule has 39 heavy (non-hydrogen) atoms. The van der Waals surface area contributed by atoms with Crippen LogP contribution in [0.4, 0.5) is 4.79 Å². The number of piperazine rings is 1. The molecule has 3 fully saturated rings. The summed E-state index contributed by atoms with van der Waals surface area (Å²) in [6, 6.07) is 9.37. The van der Waals surface area contributed by atoms with E-state index in [1.54, 1.807) is 12.1 Å². The van der Waals surface area contributed by atoms with Crippen LogP contribution >= 0.6 is 0 Å². The minimum Gasteiger partial charge on any atom is -0.508 e. The Balaban J connectivity index is 1.35. The molecule has 2 aliphatic heterocycles. The molecule has 0 radical (unpaired) electrons. The molecular formula is C30H39N5O4. The summed E-state index contributed by atoms with van der Waals surface area (Å²) in [5.41, 5.74) is 4.26. The van der Waals surface area contributed by atoms with Gasteiger partial charge in [-0.2, -0.15) is 5.10 Å². The highest BCUT2D eigenvalue weighted by molar-refractivity contribution is 5.85. The summed E-state index contributed by atoms with van der Waals surface area (Å²) in [5.74, 6) is 0.232. The second kappa shape index (κ2) is 9.78. The number of aromatic nitrogens is 3. The number of phenolic OH excluding ortho intramolecular Hbond substituents is 1. The van der Waals surface area contributed by atoms with Crippen molar-refractivity contribution in [1.82, 2.24) is 24.6 Å². The van der Waals surface area contributed by atoms with Gasteiger partial charge in [-0.25, -0.2) is 14.5 Å². The van der Waals surface area contributed by atoms with E-state index in [-0.39, 0.29) is 23.6 Å². The number of hydrogen-bond acceptors (Lipinski definition) is 7. The zero-order valence-electron chi connectivity index (χ0n) is 23.4. The van der Waals surface area contributed by atoms with Crippen molar-refractivity contribution < 1.29 is 19.4 Å². The average Bonchev–Trinajstić information content (AvgIpc) is 3.59. The average molecular weight is 534 g/mol. The van der Waals surface area contributed by atoms with Crippen molar-refractivity contribution >= 4 is 17.1 Å². The number of carbonyl (C=O) groups excluding carboxylic acids is 1. The van der Waals surface area contributed by atoms with Gasteiger partial charge in [-0.05, 0) is 95.7 Å². The molecule has 0 bridgehead atoms. The number of fused-ring (bicyclic) bond motifs is 1. The fourth-order valence-electron chi connectivity index (χ4n) is 5.99. The first kappa shape index (κ1) is 26.1. The molecule has 208 valence electrons. The smallest absolute Gasteiger partial charge is 0.410 e. The summed E-state index contributed by atoms with van der Waals surface area (Å²) in [7, 11) is 0. The molecule has 3 aliphatic rings. The Hall–Kier alpha value is -3.17. The van der Waals surface area contributed by atoms with Gasteiger partial charge in [0.25, 0.3) is 0 Å². The second-order valence-electron chi connectivity index (χ2n) is 12.3. The zero-order chi connectivity index (χ0) is 27.4. The van der Waals surface area contributed by atoms with Crippen molar-refractivity contribution in [1.29, 1.82) is 0 Å². The van der Waals surface area contributed by atoms with Crippen LogP contribution in [-0.2, 0) is 16.0 Å². The number of phenols is 1. The highest BCUT2D eigenvalue weighted by Gasteiger charge is 2.52. The number of nitrogens with zero attached hydrogens (tertiary/aromatic N) is 5. The van der Waals surface area contributed by atoms with Crippen LogP contribution in [0.1, 0.15) is 70.4 Å². The van der Waals surface area contributed by atoms with Crippen LogP contribution in [0.5, 0.6) is 5.75 Å². The summed E-state index contributed by atoms with van der Waals surface area (Å²) >= 11 is 0. The molecule has 2 saturated heterocycles. The van der Waals surface area contributed by atoms with Crippen LogP contribution in [0.3, 0.4) is 0 Å². The predicted molar refractivity (Wildman–Crippen MR) is 148 cm³/mol. The first-order valence-corrected chi connectivity index (χ1v) is 14.1. The van der Waals surface area contributed by atoms with Gasteiger partial charge < -0.3 is 19.5 Å². The maximum Gasteiger partial charge on any atom is 0.410 e. The molecule has 1 unspecified atom stereocenters. The van der Waals surface area contributed by atoms with Gasteiger partial charge >= 0.3 is 6.09 Å². The van der Waals surface area contributed by atoms with Crippen molar-refractivity contribution in [3.8, 4) is 17.0 Å². The van der Waals surface area contributed by atoms with E-state index >= 15 is 0 Å². The highest BCUT2D eigenvalue weighted by Crippen LogP contribution is 2.46. The van der Waals surface area contributed by atoms with E-state index in [2.05, 4.69) is 17.9 Å². The molecule has 9 heteroatoms. The van der Waals surface area contributed by atoms with Crippen molar-refractivity contribution in [3.05, 3.63) is 41.6 Å². The van der Waals surface area contributed by atoms with Crippen LogP contribution in [0.25, 0.3) is 22.3 Å². The Morgan fingerprint density at radius 1 is 1.18 bits per heavy atom. The third kappa shape index (κ3) is 5.22. The fourth-order valence-corrected chi connectivity index (χ4v) is 5.99. The number of amides is 1. The van der Waals surface area contributed by atoms with E-state index < -0.39 is 5.60 Å². The Morgan fingerprint density at radius 2 is 1.95 bits per heavy atom. The largest absolute Gasteiger partial charge is 0.508 e. The molecule has 1 atom stereocenters. The SMILES string of the molecule is Cc1nn(C2CCCCO2)c2nc(-c3ccc(O)cc3)cc(CN3CCN(C(=O)OC(C)(C)C)CC34CC4)c12. The minimum absolute atomic E-state index is 0.0141. The van der Waals surface area contributed by atoms with E-state index in [9.17, 15) is 9.90 Å². The number of benzene rings is 1. The molecule has 4 heterocycles. The molecule has 3 aromatic rings. The molecule has 1 spiro atoms. The third-order valence-electron chi connectivity index (χ3n) is 8.15. The van der Waals surface area contributed by atoms with E-state index in [1.807, 2.05) is 42.5 Å². The van der Waals surface area contributed by atoms with Crippen molar-refractivity contribution in [3.63, 3.8) is 0 Å². The van der Waals surface area contributed by atoms with E-state index in [1.165, 1.54) is 5.56 Å². The van der Waals surface area contributed by atoms with Gasteiger partial charge in [-0.1, -0.05) is 0 Å². The lowest BCUT2D eigenvalue weighted by Crippen LogP contribution is -2.56. The highest BCUT2D eigenvalue weighted by atomic mass is 16.6. The maximum absolute atomic E-state index is 12.8. The van der Waals surface area contributed by atoms with Gasteiger partial charge in [0.15, 0.2) is 11.9 Å². The van der Waals surface area contributed by atoms with Crippen LogP contribution in [0.15, 0.2) is 30.3 Å². The molecule has 9 nitrogen and oxygen atoms in total. The quantitative estimate of drug-likeness (QED) is 0.480. The lowest BCUT2D eigenvalue weighted by Gasteiger charge is -2.42. The first-order valence-electron chi connectivity index (χ1n) is 14.1. The topological polar surface area (TPSA) is 93.0 Å². The lowest BCUT2D eigenvalue weighted by molar-refractivity contribution is -0.0371. The van der Waals surface area contributed by atoms with Gasteiger partial charge in [-0.15, -0.1) is 0 Å². The number of pyridine rings is 1. The number of ether oxygens (including phenoxy) is 2. The summed E-state index contributed by atoms with van der Waals surface area (Å²) in [4.78, 5) is 22.3. The van der Waals surface area contributed by atoms with E-state index in [0.29, 0.717) is 13.1 Å². The van der Waals surface area contributed by atoms with Gasteiger partial charge in [0.1, 0.15) is 11.4 Å². The number of aryl methyl sites for hydroxylation is 1. The molecule has 1 aromatic carbocycles. The molecule has 1 aliphatic carbocycles. The van der Waals surface area contributed by atoms with Crippen LogP contribution in [-0.4, -0.2) is 73.1 Å². The molecular weight excluding hydrogens is 494 g/mol. The van der Waals surface area contributed by atoms with Gasteiger partial charge in [-0.3, -0.25) is 4.90 Å². The summed E-state index contributed by atoms with van der Waals surface area (Å²) in [6.07, 6.45) is 4.91. The Morgan fingerprint density at radius 3 is 2.62 bits per heavy atom. The second-order valence-corrected chi connectivity index (χ2v) is 12.3. The van der Waals surface area contributed by atoms with Crippen molar-refractivity contribution in [2.45, 2.75) is 83.7 Å². The fraction of sp³-hybridized carbons (Fsp3) is 0.567. The Bertz CT molecular complexity index is 1370. The molecule has 1 N–H and O–H groups in total. The Kier molecular flexibility index (Phi) is 6.54. The van der Waals surface area contributed by atoms with Crippen LogP contribution < -0.4 is 0 Å². The lowest BCUT2D eigenvalue weighted by atomic mass is 10.0. The van der Waals surface area contributed by atoms with Gasteiger partial charge in [0.05, 0.1) is 11.4 Å². The predicted octanol–water partition coefficient (Wildman–Crippen LogP) is 5.40. The first-order chi connectivity index (χ1) is 18.6. The molecule has 1 saturated carbocycles. The standard InChI is InChI=1S/C30H39N5O4/c1-20-26-22(18-34-15-14-33(19-30(34)12-13-30)28(37)39-29(2,3)4)17-24(21-8-10-23(36)11-9-21)31-27(26)35(32-20)25-7-5-6-16-38-25/h8-11,17,25,36H,5-7,12-16,18-19H2,1-4H3. The Labute approximate surface area is 229 Å². The van der Waals surface area contributed by atoms with Crippen LogP contribution in [0, 0.1) is 6.92 Å². The maximum atomic E-state index is 12.8. The summed E-state index contributed by atoms with van der Waals surface area (Å²) in [5, 5.41) is 15.9. The van der Waals surface area contributed by atoms with E-state index in [4.69, 9.17) is 19.6 Å². The normalized spacial score (nSPS) is 21.4. The van der Waals surface area contributed by atoms with Gasteiger partial charge in [0, 0.05) is 49.3 Å². The van der Waals surface area contributed by atoms with Crippen molar-refractivity contribution in [2.24, 2.45) is 0 Å². The summed E-state index contributed by atoms with van der Waals surface area (Å²) in [6.45, 7) is 11.4. The number of hydrogen-bond donors (Lipinski definition) is 1. The molecule has 6 rings (SSSR count). The number of carbonyl (C=O) groups is 1. The molecule has 2 aromatic heterocycles.